The minimum Gasteiger partial charge on any atom is -0.462 e. The Morgan fingerprint density at radius 2 is 1.34 bits per heavy atom. The van der Waals surface area contributed by atoms with Crippen LogP contribution in [-0.2, 0) is 25.1 Å². The Balaban J connectivity index is 2.12. The Hall–Kier alpha value is -3.22. The third kappa shape index (κ3) is 6.68. The smallest absolute Gasteiger partial charge is 0.333 e. The summed E-state index contributed by atoms with van der Waals surface area (Å²) in [5.74, 6) is -0.550. The fourth-order valence-corrected chi connectivity index (χ4v) is 5.13. The average molecular weight is 492 g/mol. The van der Waals surface area contributed by atoms with E-state index in [4.69, 9.17) is 4.74 Å². The Bertz CT molecular complexity index is 1220. The summed E-state index contributed by atoms with van der Waals surface area (Å²) in [6.07, 6.45) is -0.00487. The second-order valence-electron chi connectivity index (χ2n) is 9.97. The van der Waals surface area contributed by atoms with Gasteiger partial charge in [0.2, 0.25) is 10.0 Å². The molecule has 5 nitrogen and oxygen atoms in total. The van der Waals surface area contributed by atoms with E-state index in [0.717, 1.165) is 5.56 Å². The van der Waals surface area contributed by atoms with Crippen molar-refractivity contribution in [2.75, 3.05) is 6.61 Å². The summed E-state index contributed by atoms with van der Waals surface area (Å²) in [4.78, 5) is 13.0. The van der Waals surface area contributed by atoms with Gasteiger partial charge in [-0.25, -0.2) is 13.2 Å². The normalized spacial score (nSPS) is 12.2. The second kappa shape index (κ2) is 10.6. The van der Waals surface area contributed by atoms with Gasteiger partial charge >= 0.3 is 5.97 Å². The zero-order valence-corrected chi connectivity index (χ0v) is 21.6. The molecule has 0 aliphatic heterocycles. The minimum absolute atomic E-state index is 0.00487. The van der Waals surface area contributed by atoms with Crippen molar-refractivity contribution >= 4 is 16.0 Å². The molecule has 0 bridgehead atoms. The quantitative estimate of drug-likeness (QED) is 0.305. The van der Waals surface area contributed by atoms with Crippen molar-refractivity contribution in [1.82, 2.24) is 4.72 Å². The number of carbonyl (C=O) groups is 1. The van der Waals surface area contributed by atoms with Gasteiger partial charge in [-0.05, 0) is 35.6 Å². The topological polar surface area (TPSA) is 72.5 Å². The number of esters is 1. The number of hydrogen-bond donors (Lipinski definition) is 1. The van der Waals surface area contributed by atoms with Gasteiger partial charge in [-0.3, -0.25) is 0 Å². The molecular weight excluding hydrogens is 458 g/mol. The van der Waals surface area contributed by atoms with Crippen LogP contribution in [-0.4, -0.2) is 21.0 Å². The molecule has 3 rings (SSSR count). The molecule has 35 heavy (non-hydrogen) atoms. The van der Waals surface area contributed by atoms with Gasteiger partial charge in [-0.2, -0.15) is 4.72 Å². The van der Waals surface area contributed by atoms with Crippen LogP contribution in [0.4, 0.5) is 0 Å². The highest BCUT2D eigenvalue weighted by Gasteiger charge is 2.40. The molecule has 0 heterocycles. The summed E-state index contributed by atoms with van der Waals surface area (Å²) in [5.41, 5.74) is 1.01. The van der Waals surface area contributed by atoms with E-state index in [1.165, 1.54) is 0 Å². The molecule has 0 aromatic heterocycles. The van der Waals surface area contributed by atoms with Crippen molar-refractivity contribution in [3.05, 3.63) is 114 Å². The van der Waals surface area contributed by atoms with E-state index in [0.29, 0.717) is 11.1 Å². The van der Waals surface area contributed by atoms with Crippen molar-refractivity contribution < 1.29 is 17.9 Å². The molecule has 0 saturated heterocycles. The molecule has 0 aliphatic rings. The minimum atomic E-state index is -3.98. The summed E-state index contributed by atoms with van der Waals surface area (Å²) < 4.78 is 35.7. The van der Waals surface area contributed by atoms with Crippen molar-refractivity contribution in [2.45, 2.75) is 44.6 Å². The molecule has 0 spiro atoms. The Morgan fingerprint density at radius 3 is 1.80 bits per heavy atom. The van der Waals surface area contributed by atoms with Crippen LogP contribution in [0.2, 0.25) is 0 Å². The molecule has 0 saturated carbocycles. The maximum atomic E-state index is 13.7. The molecule has 0 amide bonds. The Kier molecular flexibility index (Phi) is 7.98. The number of ether oxygens (including phenoxy) is 1. The van der Waals surface area contributed by atoms with E-state index in [9.17, 15) is 13.2 Å². The van der Waals surface area contributed by atoms with Gasteiger partial charge in [0.1, 0.15) is 0 Å². The first kappa shape index (κ1) is 26.4. The summed E-state index contributed by atoms with van der Waals surface area (Å²) in [6.45, 7) is 12.0. The highest BCUT2D eigenvalue weighted by Crippen LogP contribution is 2.37. The van der Waals surface area contributed by atoms with E-state index in [1.807, 2.05) is 88.4 Å². The van der Waals surface area contributed by atoms with Crippen molar-refractivity contribution in [3.63, 3.8) is 0 Å². The number of benzene rings is 3. The molecule has 0 fully saturated rings. The molecule has 0 unspecified atom stereocenters. The first-order valence-corrected chi connectivity index (χ1v) is 13.0. The largest absolute Gasteiger partial charge is 0.462 e. The summed E-state index contributed by atoms with van der Waals surface area (Å²) in [5, 5.41) is 0. The van der Waals surface area contributed by atoms with Crippen LogP contribution in [0.5, 0.6) is 0 Å². The van der Waals surface area contributed by atoms with Crippen LogP contribution < -0.4 is 4.72 Å². The van der Waals surface area contributed by atoms with Gasteiger partial charge in [0, 0.05) is 12.0 Å². The van der Waals surface area contributed by atoms with E-state index in [2.05, 4.69) is 11.3 Å². The number of aryl methyl sites for hydroxylation is 1. The lowest BCUT2D eigenvalue weighted by molar-refractivity contribution is -0.142. The van der Waals surface area contributed by atoms with E-state index >= 15 is 0 Å². The predicted molar refractivity (Wildman–Crippen MR) is 139 cm³/mol. The van der Waals surface area contributed by atoms with Crippen LogP contribution in [0, 0.1) is 12.3 Å². The van der Waals surface area contributed by atoms with Gasteiger partial charge in [0.25, 0.3) is 0 Å². The average Bonchev–Trinajstić information content (AvgIpc) is 2.82. The van der Waals surface area contributed by atoms with E-state index in [1.54, 1.807) is 24.3 Å². The van der Waals surface area contributed by atoms with Crippen molar-refractivity contribution in [3.8, 4) is 0 Å². The number of nitrogens with one attached hydrogen (secondary N) is 1. The fraction of sp³-hybridized carbons (Fsp3) is 0.276. The van der Waals surface area contributed by atoms with Crippen LogP contribution >= 0.6 is 0 Å². The van der Waals surface area contributed by atoms with E-state index in [-0.39, 0.29) is 28.9 Å². The van der Waals surface area contributed by atoms with Crippen LogP contribution in [0.15, 0.2) is 102 Å². The summed E-state index contributed by atoms with van der Waals surface area (Å²) in [6, 6.07) is 25.1. The highest BCUT2D eigenvalue weighted by molar-refractivity contribution is 7.89. The third-order valence-electron chi connectivity index (χ3n) is 5.58. The lowest BCUT2D eigenvalue weighted by Gasteiger charge is -2.36. The first-order valence-electron chi connectivity index (χ1n) is 11.5. The lowest BCUT2D eigenvalue weighted by Crippen LogP contribution is -2.47. The number of carbonyl (C=O) groups excluding carboxylic acids is 1. The predicted octanol–water partition coefficient (Wildman–Crippen LogP) is 5.75. The maximum absolute atomic E-state index is 13.7. The highest BCUT2D eigenvalue weighted by atomic mass is 32.2. The summed E-state index contributed by atoms with van der Waals surface area (Å²) in [7, 11) is -3.98. The van der Waals surface area contributed by atoms with Crippen LogP contribution in [0.1, 0.15) is 43.9 Å². The third-order valence-corrected chi connectivity index (χ3v) is 7.09. The van der Waals surface area contributed by atoms with Crippen LogP contribution in [0.25, 0.3) is 0 Å². The van der Waals surface area contributed by atoms with Crippen molar-refractivity contribution in [1.29, 1.82) is 0 Å². The van der Waals surface area contributed by atoms with E-state index < -0.39 is 21.5 Å². The molecule has 1 N–H and O–H groups in total. The SMILES string of the molecule is C=C(CC(NS(=O)(=O)c1ccc(C)cc1)(c1ccccc1)c1ccccc1)C(=O)OCC(C)(C)C. The molecule has 3 aromatic carbocycles. The Labute approximate surface area is 208 Å². The number of hydrogen-bond acceptors (Lipinski definition) is 4. The second-order valence-corrected chi connectivity index (χ2v) is 11.7. The van der Waals surface area contributed by atoms with Crippen LogP contribution in [0.3, 0.4) is 0 Å². The lowest BCUT2D eigenvalue weighted by atomic mass is 9.79. The van der Waals surface area contributed by atoms with Gasteiger partial charge in [-0.1, -0.05) is 106 Å². The Morgan fingerprint density at radius 1 is 0.857 bits per heavy atom. The summed E-state index contributed by atoms with van der Waals surface area (Å²) >= 11 is 0. The van der Waals surface area contributed by atoms with Gasteiger partial charge < -0.3 is 4.74 Å². The van der Waals surface area contributed by atoms with Crippen molar-refractivity contribution in [2.24, 2.45) is 5.41 Å². The van der Waals surface area contributed by atoms with Gasteiger partial charge in [0.15, 0.2) is 0 Å². The standard InChI is InChI=1S/C29H33NO4S/c1-22-16-18-26(19-17-22)35(32,33)30-29(24-12-8-6-9-13-24,25-14-10-7-11-15-25)20-23(2)27(31)34-21-28(3,4)5/h6-19,30H,2,20-21H2,1,3-5H3. The van der Waals surface area contributed by atoms with Gasteiger partial charge in [0.05, 0.1) is 17.0 Å². The zero-order valence-electron chi connectivity index (χ0n) is 20.7. The molecule has 6 heteroatoms. The molecule has 0 radical (unpaired) electrons. The first-order chi connectivity index (χ1) is 16.4. The number of rotatable bonds is 9. The fourth-order valence-electron chi connectivity index (χ4n) is 3.75. The maximum Gasteiger partial charge on any atom is 0.333 e. The molecule has 0 aliphatic carbocycles. The number of sulfonamides is 1. The van der Waals surface area contributed by atoms with Gasteiger partial charge in [-0.15, -0.1) is 0 Å². The molecule has 184 valence electrons. The zero-order chi connectivity index (χ0) is 25.7. The molecule has 3 aromatic rings. The monoisotopic (exact) mass is 491 g/mol. The molecular formula is C29H33NO4S. The molecule has 0 atom stereocenters.